The summed E-state index contributed by atoms with van der Waals surface area (Å²) in [5.74, 6) is 0.196. The predicted molar refractivity (Wildman–Crippen MR) is 81.3 cm³/mol. The van der Waals surface area contributed by atoms with Crippen LogP contribution in [-0.2, 0) is 0 Å². The van der Waals surface area contributed by atoms with Crippen molar-refractivity contribution in [3.63, 3.8) is 0 Å². The highest BCUT2D eigenvalue weighted by Gasteiger charge is 2.30. The second-order valence-corrected chi connectivity index (χ2v) is 5.11. The van der Waals surface area contributed by atoms with Gasteiger partial charge in [-0.1, -0.05) is 0 Å². The van der Waals surface area contributed by atoms with Gasteiger partial charge in [0.1, 0.15) is 10.8 Å². The lowest BCUT2D eigenvalue weighted by molar-refractivity contribution is -0.274. The minimum Gasteiger partial charge on any atom is -0.491 e. The van der Waals surface area contributed by atoms with Crippen molar-refractivity contribution >= 4 is 28.1 Å². The third-order valence-corrected chi connectivity index (χ3v) is 3.31. The lowest BCUT2D eigenvalue weighted by Crippen LogP contribution is -2.19. The van der Waals surface area contributed by atoms with Crippen LogP contribution >= 0.6 is 11.3 Å². The van der Waals surface area contributed by atoms with Crippen molar-refractivity contribution in [2.75, 3.05) is 17.2 Å². The van der Waals surface area contributed by atoms with Gasteiger partial charge in [0.2, 0.25) is 0 Å². The first-order valence-electron chi connectivity index (χ1n) is 6.51. The number of ether oxygens (including phenoxy) is 2. The molecule has 124 valence electrons. The molecule has 2 rings (SSSR count). The molecule has 0 spiro atoms. The summed E-state index contributed by atoms with van der Waals surface area (Å²) in [6.07, 6.45) is -4.75. The smallest absolute Gasteiger partial charge is 0.491 e. The Kier molecular flexibility index (Phi) is 5.32. The van der Waals surface area contributed by atoms with Crippen molar-refractivity contribution in [2.45, 2.75) is 13.3 Å². The van der Waals surface area contributed by atoms with Gasteiger partial charge in [0, 0.05) is 5.69 Å². The Morgan fingerprint density at radius 2 is 1.87 bits per heavy atom. The molecule has 0 fully saturated rings. The van der Waals surface area contributed by atoms with Gasteiger partial charge in [0.15, 0.2) is 5.75 Å². The lowest BCUT2D eigenvalue weighted by Gasteiger charge is -2.10. The molecule has 1 heterocycles. The molecule has 2 N–H and O–H groups in total. The molecule has 1 aromatic carbocycles. The number of rotatable bonds is 5. The zero-order valence-electron chi connectivity index (χ0n) is 11.9. The highest BCUT2D eigenvalue weighted by molar-refractivity contribution is 7.14. The molecule has 0 saturated heterocycles. The summed E-state index contributed by atoms with van der Waals surface area (Å²) >= 11 is 1.30. The first kappa shape index (κ1) is 16.9. The van der Waals surface area contributed by atoms with E-state index < -0.39 is 12.4 Å². The van der Waals surface area contributed by atoms with Crippen LogP contribution in [0, 0.1) is 0 Å². The molecule has 1 aromatic heterocycles. The predicted octanol–water partition coefficient (Wildman–Crippen LogP) is 4.69. The third kappa shape index (κ3) is 5.37. The molecule has 0 aliphatic rings. The molecular formula is C14H13F3N2O3S. The van der Waals surface area contributed by atoms with Crippen LogP contribution in [0.25, 0.3) is 0 Å². The Morgan fingerprint density at radius 3 is 2.48 bits per heavy atom. The zero-order chi connectivity index (χ0) is 16.9. The van der Waals surface area contributed by atoms with Crippen LogP contribution in [0.15, 0.2) is 35.7 Å². The number of benzene rings is 1. The number of carbonyl (C=O) groups excluding carboxylic acids is 1. The molecule has 0 aliphatic heterocycles. The molecule has 0 atom stereocenters. The van der Waals surface area contributed by atoms with Gasteiger partial charge < -0.3 is 14.8 Å². The van der Waals surface area contributed by atoms with Gasteiger partial charge in [-0.05, 0) is 42.6 Å². The van der Waals surface area contributed by atoms with Gasteiger partial charge in [-0.25, -0.2) is 4.79 Å². The molecule has 0 saturated carbocycles. The average molecular weight is 346 g/mol. The maximum atomic E-state index is 12.1. The molecule has 2 amide bonds. The van der Waals surface area contributed by atoms with Crippen molar-refractivity contribution < 1.29 is 27.4 Å². The monoisotopic (exact) mass is 346 g/mol. The van der Waals surface area contributed by atoms with E-state index in [1.807, 2.05) is 6.92 Å². The minimum absolute atomic E-state index is 0.326. The fraction of sp³-hybridized carbons (Fsp3) is 0.214. The number of amides is 2. The molecule has 2 aromatic rings. The fourth-order valence-corrected chi connectivity index (χ4v) is 2.39. The van der Waals surface area contributed by atoms with Crippen LogP contribution < -0.4 is 20.1 Å². The van der Waals surface area contributed by atoms with Crippen molar-refractivity contribution in [3.8, 4) is 11.5 Å². The van der Waals surface area contributed by atoms with Gasteiger partial charge in [-0.15, -0.1) is 24.5 Å². The van der Waals surface area contributed by atoms with E-state index in [-0.39, 0.29) is 5.75 Å². The highest BCUT2D eigenvalue weighted by atomic mass is 32.1. The van der Waals surface area contributed by atoms with E-state index in [0.717, 1.165) is 12.1 Å². The van der Waals surface area contributed by atoms with Crippen molar-refractivity contribution in [3.05, 3.63) is 35.7 Å². The van der Waals surface area contributed by atoms with E-state index in [9.17, 15) is 18.0 Å². The van der Waals surface area contributed by atoms with Crippen LogP contribution in [0.4, 0.5) is 28.7 Å². The number of anilines is 2. The summed E-state index contributed by atoms with van der Waals surface area (Å²) < 4.78 is 45.2. The Hall–Kier alpha value is -2.42. The van der Waals surface area contributed by atoms with E-state index in [2.05, 4.69) is 15.4 Å². The molecule has 0 bridgehead atoms. The fourth-order valence-electron chi connectivity index (χ4n) is 1.66. The molecule has 23 heavy (non-hydrogen) atoms. The maximum Gasteiger partial charge on any atom is 0.573 e. The van der Waals surface area contributed by atoms with E-state index in [4.69, 9.17) is 4.74 Å². The molecular weight excluding hydrogens is 333 g/mol. The number of halogens is 3. The second kappa shape index (κ2) is 7.23. The van der Waals surface area contributed by atoms with E-state index in [1.54, 1.807) is 11.4 Å². The summed E-state index contributed by atoms with van der Waals surface area (Å²) in [5, 5.41) is 7.42. The summed E-state index contributed by atoms with van der Waals surface area (Å²) in [5.41, 5.74) is 0.326. The largest absolute Gasteiger partial charge is 0.573 e. The summed E-state index contributed by atoms with van der Waals surface area (Å²) in [6.45, 7) is 2.29. The standard InChI is InChI=1S/C14H13F3N2O3S/c1-2-21-11-7-8-23-12(11)19-13(20)18-9-3-5-10(6-4-9)22-14(15,16)17/h3-8H,2H2,1H3,(H2,18,19,20). The SMILES string of the molecule is CCOc1ccsc1NC(=O)Nc1ccc(OC(F)(F)F)cc1. The first-order valence-corrected chi connectivity index (χ1v) is 7.39. The van der Waals surface area contributed by atoms with E-state index in [1.165, 1.54) is 23.5 Å². The van der Waals surface area contributed by atoms with Crippen LogP contribution in [0.5, 0.6) is 11.5 Å². The minimum atomic E-state index is -4.75. The lowest BCUT2D eigenvalue weighted by atomic mass is 10.3. The molecule has 0 unspecified atom stereocenters. The summed E-state index contributed by atoms with van der Waals surface area (Å²) in [6, 6.07) is 6.03. The number of nitrogens with one attached hydrogen (secondary N) is 2. The van der Waals surface area contributed by atoms with Crippen molar-refractivity contribution in [1.29, 1.82) is 0 Å². The number of hydrogen-bond donors (Lipinski definition) is 2. The summed E-state index contributed by atoms with van der Waals surface area (Å²) in [4.78, 5) is 11.9. The van der Waals surface area contributed by atoms with E-state index in [0.29, 0.717) is 23.0 Å². The van der Waals surface area contributed by atoms with Crippen LogP contribution in [-0.4, -0.2) is 19.0 Å². The number of thiophene rings is 1. The number of carbonyl (C=O) groups is 1. The summed E-state index contributed by atoms with van der Waals surface area (Å²) in [7, 11) is 0. The number of urea groups is 1. The number of alkyl halides is 3. The van der Waals surface area contributed by atoms with Gasteiger partial charge in [-0.2, -0.15) is 0 Å². The van der Waals surface area contributed by atoms with E-state index >= 15 is 0 Å². The topological polar surface area (TPSA) is 59.6 Å². The average Bonchev–Trinajstić information content (AvgIpc) is 2.87. The third-order valence-electron chi connectivity index (χ3n) is 2.50. The van der Waals surface area contributed by atoms with Gasteiger partial charge in [0.05, 0.1) is 6.61 Å². The Morgan fingerprint density at radius 1 is 1.17 bits per heavy atom. The van der Waals surface area contributed by atoms with Gasteiger partial charge in [0.25, 0.3) is 0 Å². The maximum absolute atomic E-state index is 12.1. The highest BCUT2D eigenvalue weighted by Crippen LogP contribution is 2.31. The Balaban J connectivity index is 1.93. The Labute approximate surface area is 134 Å². The van der Waals surface area contributed by atoms with Crippen LogP contribution in [0.1, 0.15) is 6.92 Å². The van der Waals surface area contributed by atoms with Gasteiger partial charge in [-0.3, -0.25) is 5.32 Å². The first-order chi connectivity index (χ1) is 10.9. The van der Waals surface area contributed by atoms with Crippen molar-refractivity contribution in [2.24, 2.45) is 0 Å². The van der Waals surface area contributed by atoms with Gasteiger partial charge >= 0.3 is 12.4 Å². The molecule has 0 radical (unpaired) electrons. The quantitative estimate of drug-likeness (QED) is 0.826. The zero-order valence-corrected chi connectivity index (χ0v) is 12.8. The van der Waals surface area contributed by atoms with Crippen molar-refractivity contribution in [1.82, 2.24) is 0 Å². The van der Waals surface area contributed by atoms with Crippen LogP contribution in [0.2, 0.25) is 0 Å². The molecule has 0 aliphatic carbocycles. The number of hydrogen-bond acceptors (Lipinski definition) is 4. The second-order valence-electron chi connectivity index (χ2n) is 4.20. The Bertz CT molecular complexity index is 656. The normalized spacial score (nSPS) is 11.0. The molecule has 5 nitrogen and oxygen atoms in total. The molecule has 9 heteroatoms. The van der Waals surface area contributed by atoms with Crippen LogP contribution in [0.3, 0.4) is 0 Å².